The van der Waals surface area contributed by atoms with Crippen LogP contribution in [0.3, 0.4) is 0 Å². The van der Waals surface area contributed by atoms with Crippen molar-refractivity contribution in [1.82, 2.24) is 5.32 Å². The molecule has 0 aliphatic rings. The van der Waals surface area contributed by atoms with Gasteiger partial charge in [0.1, 0.15) is 6.04 Å². The number of halogens is 1. The van der Waals surface area contributed by atoms with Crippen molar-refractivity contribution in [3.05, 3.63) is 33.8 Å². The van der Waals surface area contributed by atoms with Crippen LogP contribution in [0.5, 0.6) is 0 Å². The molecular formula is C13H18BrNO2. The van der Waals surface area contributed by atoms with Crippen LogP contribution in [0.15, 0.2) is 22.7 Å². The Labute approximate surface area is 110 Å². The first-order valence-electron chi connectivity index (χ1n) is 5.63. The van der Waals surface area contributed by atoms with Crippen LogP contribution >= 0.6 is 15.9 Å². The summed E-state index contributed by atoms with van der Waals surface area (Å²) in [5.74, 6) is -0.729. The highest BCUT2D eigenvalue weighted by Gasteiger charge is 2.20. The second kappa shape index (κ2) is 6.17. The molecule has 0 heterocycles. The smallest absolute Gasteiger partial charge is 0.320 e. The van der Waals surface area contributed by atoms with Gasteiger partial charge in [0.25, 0.3) is 0 Å². The molecule has 1 rings (SSSR count). The number of carbonyl (C=O) groups is 1. The molecule has 1 aromatic carbocycles. The lowest BCUT2D eigenvalue weighted by atomic mass is 10.0. The Morgan fingerprint density at radius 1 is 1.47 bits per heavy atom. The summed E-state index contributed by atoms with van der Waals surface area (Å²) in [6.07, 6.45) is 0. The Morgan fingerprint density at radius 2 is 2.12 bits per heavy atom. The van der Waals surface area contributed by atoms with Gasteiger partial charge in [-0.05, 0) is 30.0 Å². The fourth-order valence-corrected chi connectivity index (χ4v) is 2.01. The summed E-state index contributed by atoms with van der Waals surface area (Å²) in [7, 11) is 0. The topological polar surface area (TPSA) is 49.3 Å². The third kappa shape index (κ3) is 4.13. The number of hydrogen-bond donors (Lipinski definition) is 2. The molecule has 3 nitrogen and oxygen atoms in total. The summed E-state index contributed by atoms with van der Waals surface area (Å²) in [4.78, 5) is 11.0. The molecule has 0 spiro atoms. The van der Waals surface area contributed by atoms with Gasteiger partial charge < -0.3 is 10.4 Å². The van der Waals surface area contributed by atoms with Crippen LogP contribution < -0.4 is 5.32 Å². The molecule has 0 unspecified atom stereocenters. The fraction of sp³-hybridized carbons (Fsp3) is 0.462. The van der Waals surface area contributed by atoms with E-state index in [9.17, 15) is 4.79 Å². The SMILES string of the molecule is Cc1ccc(CN[C@H](C(=O)O)C(C)C)cc1Br. The van der Waals surface area contributed by atoms with Gasteiger partial charge in [-0.15, -0.1) is 0 Å². The monoisotopic (exact) mass is 299 g/mol. The number of rotatable bonds is 5. The van der Waals surface area contributed by atoms with Crippen molar-refractivity contribution in [2.24, 2.45) is 5.92 Å². The number of hydrogen-bond acceptors (Lipinski definition) is 2. The van der Waals surface area contributed by atoms with E-state index in [1.807, 2.05) is 39.0 Å². The lowest BCUT2D eigenvalue weighted by Crippen LogP contribution is -2.40. The first-order chi connectivity index (χ1) is 7.91. The van der Waals surface area contributed by atoms with E-state index in [1.165, 1.54) is 5.56 Å². The van der Waals surface area contributed by atoms with Gasteiger partial charge in [-0.25, -0.2) is 0 Å². The van der Waals surface area contributed by atoms with E-state index in [2.05, 4.69) is 21.2 Å². The Kier molecular flexibility index (Phi) is 5.15. The molecule has 2 N–H and O–H groups in total. The predicted octanol–water partition coefficient (Wildman–Crippen LogP) is 2.96. The molecule has 0 saturated carbocycles. The largest absolute Gasteiger partial charge is 0.480 e. The van der Waals surface area contributed by atoms with E-state index in [0.717, 1.165) is 10.0 Å². The Morgan fingerprint density at radius 3 is 2.59 bits per heavy atom. The molecule has 94 valence electrons. The molecule has 0 aliphatic heterocycles. The highest BCUT2D eigenvalue weighted by molar-refractivity contribution is 9.10. The molecule has 0 radical (unpaired) electrons. The summed E-state index contributed by atoms with van der Waals surface area (Å²) in [5.41, 5.74) is 2.25. The van der Waals surface area contributed by atoms with Gasteiger partial charge in [0, 0.05) is 11.0 Å². The van der Waals surface area contributed by atoms with Crippen molar-refractivity contribution < 1.29 is 9.90 Å². The van der Waals surface area contributed by atoms with Crippen LogP contribution in [-0.4, -0.2) is 17.1 Å². The number of nitrogens with one attached hydrogen (secondary N) is 1. The molecule has 0 aromatic heterocycles. The first kappa shape index (κ1) is 14.2. The van der Waals surface area contributed by atoms with Gasteiger partial charge in [-0.3, -0.25) is 4.79 Å². The van der Waals surface area contributed by atoms with Crippen molar-refractivity contribution in [3.63, 3.8) is 0 Å². The molecule has 0 amide bonds. The molecule has 1 aromatic rings. The number of aryl methyl sites for hydroxylation is 1. The number of benzene rings is 1. The summed E-state index contributed by atoms with van der Waals surface area (Å²) in [5, 5.41) is 12.1. The summed E-state index contributed by atoms with van der Waals surface area (Å²) in [6.45, 7) is 6.39. The van der Waals surface area contributed by atoms with Crippen LogP contribution in [-0.2, 0) is 11.3 Å². The quantitative estimate of drug-likeness (QED) is 0.879. The zero-order valence-corrected chi connectivity index (χ0v) is 11.9. The summed E-state index contributed by atoms with van der Waals surface area (Å²) in [6, 6.07) is 5.54. The van der Waals surface area contributed by atoms with Crippen molar-refractivity contribution in [2.45, 2.75) is 33.4 Å². The second-order valence-corrected chi connectivity index (χ2v) is 5.38. The van der Waals surface area contributed by atoms with E-state index in [-0.39, 0.29) is 5.92 Å². The zero-order valence-electron chi connectivity index (χ0n) is 10.3. The Bertz CT molecular complexity index is 404. The minimum absolute atomic E-state index is 0.0707. The molecule has 17 heavy (non-hydrogen) atoms. The standard InChI is InChI=1S/C13H18BrNO2/c1-8(2)12(13(16)17)15-7-10-5-4-9(3)11(14)6-10/h4-6,8,12,15H,7H2,1-3H3,(H,16,17)/t12-/m0/s1. The fourth-order valence-electron chi connectivity index (χ4n) is 1.58. The summed E-state index contributed by atoms with van der Waals surface area (Å²) >= 11 is 3.47. The minimum Gasteiger partial charge on any atom is -0.480 e. The Balaban J connectivity index is 2.65. The maximum absolute atomic E-state index is 11.0. The predicted molar refractivity (Wildman–Crippen MR) is 72.0 cm³/mol. The first-order valence-corrected chi connectivity index (χ1v) is 6.42. The van der Waals surface area contributed by atoms with Gasteiger partial charge >= 0.3 is 5.97 Å². The molecule has 0 fully saturated rings. The molecule has 0 saturated heterocycles. The lowest BCUT2D eigenvalue weighted by Gasteiger charge is -2.18. The molecular weight excluding hydrogens is 282 g/mol. The van der Waals surface area contributed by atoms with Gasteiger partial charge in [0.05, 0.1) is 0 Å². The summed E-state index contributed by atoms with van der Waals surface area (Å²) < 4.78 is 1.05. The number of carboxylic acids is 1. The zero-order chi connectivity index (χ0) is 13.0. The maximum Gasteiger partial charge on any atom is 0.320 e. The molecule has 0 bridgehead atoms. The number of aliphatic carboxylic acids is 1. The normalized spacial score (nSPS) is 12.8. The minimum atomic E-state index is -0.800. The van der Waals surface area contributed by atoms with Crippen LogP contribution in [0, 0.1) is 12.8 Å². The van der Waals surface area contributed by atoms with E-state index in [1.54, 1.807) is 0 Å². The van der Waals surface area contributed by atoms with Gasteiger partial charge in [-0.1, -0.05) is 41.9 Å². The van der Waals surface area contributed by atoms with E-state index < -0.39 is 12.0 Å². The van der Waals surface area contributed by atoms with Crippen LogP contribution in [0.4, 0.5) is 0 Å². The van der Waals surface area contributed by atoms with Gasteiger partial charge in [-0.2, -0.15) is 0 Å². The van der Waals surface area contributed by atoms with Crippen LogP contribution in [0.25, 0.3) is 0 Å². The maximum atomic E-state index is 11.0. The second-order valence-electron chi connectivity index (χ2n) is 4.52. The average Bonchev–Trinajstić information content (AvgIpc) is 2.22. The van der Waals surface area contributed by atoms with E-state index in [4.69, 9.17) is 5.11 Å². The third-order valence-corrected chi connectivity index (χ3v) is 3.55. The molecule has 1 atom stereocenters. The number of carboxylic acid groups (broad SMARTS) is 1. The van der Waals surface area contributed by atoms with E-state index >= 15 is 0 Å². The van der Waals surface area contributed by atoms with Crippen molar-refractivity contribution in [3.8, 4) is 0 Å². The molecule has 4 heteroatoms. The van der Waals surface area contributed by atoms with Crippen LogP contribution in [0.2, 0.25) is 0 Å². The highest BCUT2D eigenvalue weighted by Crippen LogP contribution is 2.17. The molecule has 0 aliphatic carbocycles. The average molecular weight is 300 g/mol. The van der Waals surface area contributed by atoms with Crippen LogP contribution in [0.1, 0.15) is 25.0 Å². The van der Waals surface area contributed by atoms with Crippen molar-refractivity contribution in [2.75, 3.05) is 0 Å². The third-order valence-electron chi connectivity index (χ3n) is 2.70. The van der Waals surface area contributed by atoms with Gasteiger partial charge in [0.2, 0.25) is 0 Å². The van der Waals surface area contributed by atoms with Crippen molar-refractivity contribution >= 4 is 21.9 Å². The van der Waals surface area contributed by atoms with Gasteiger partial charge in [0.15, 0.2) is 0 Å². The van der Waals surface area contributed by atoms with Crippen molar-refractivity contribution in [1.29, 1.82) is 0 Å². The van der Waals surface area contributed by atoms with E-state index in [0.29, 0.717) is 6.54 Å². The lowest BCUT2D eigenvalue weighted by molar-refractivity contribution is -0.140. The highest BCUT2D eigenvalue weighted by atomic mass is 79.9. The Hall–Kier alpha value is -0.870.